The van der Waals surface area contributed by atoms with Crippen molar-refractivity contribution in [2.75, 3.05) is 27.3 Å². The second-order valence-electron chi connectivity index (χ2n) is 5.54. The molecule has 1 unspecified atom stereocenters. The number of ether oxygens (including phenoxy) is 2. The van der Waals surface area contributed by atoms with Gasteiger partial charge in [0.15, 0.2) is 0 Å². The van der Waals surface area contributed by atoms with Crippen LogP contribution in [-0.4, -0.2) is 33.3 Å². The lowest BCUT2D eigenvalue weighted by Gasteiger charge is -2.16. The van der Waals surface area contributed by atoms with Crippen LogP contribution in [0.4, 0.5) is 0 Å². The lowest BCUT2D eigenvalue weighted by molar-refractivity contribution is 0.0597. The highest BCUT2D eigenvalue weighted by atomic mass is 16.5. The Morgan fingerprint density at radius 1 is 1.17 bits per heavy atom. The van der Waals surface area contributed by atoms with E-state index < -0.39 is 0 Å². The molecule has 0 bridgehead atoms. The molecule has 138 valence electrons. The average molecular weight is 338 g/mol. The normalized spacial score (nSPS) is 16.5. The number of carbonyl (C=O) groups excluding carboxylic acids is 1. The molecular weight excluding hydrogens is 302 g/mol. The van der Waals surface area contributed by atoms with Gasteiger partial charge in [0.2, 0.25) is 0 Å². The Bertz CT molecular complexity index is 452. The highest BCUT2D eigenvalue weighted by molar-refractivity contribution is 5.92. The highest BCUT2D eigenvalue weighted by Gasteiger charge is 2.19. The van der Waals surface area contributed by atoms with E-state index in [2.05, 4.69) is 25.2 Å². The summed E-state index contributed by atoms with van der Waals surface area (Å²) in [6, 6.07) is 5.84. The minimum Gasteiger partial charge on any atom is -0.496 e. The fraction of sp³-hybridized carbons (Fsp3) is 0.650. The monoisotopic (exact) mass is 337 g/mol. The molecule has 4 nitrogen and oxygen atoms in total. The van der Waals surface area contributed by atoms with Crippen molar-refractivity contribution in [3.63, 3.8) is 0 Å². The van der Waals surface area contributed by atoms with Gasteiger partial charge in [0.05, 0.1) is 14.2 Å². The standard InChI is InChI=1S/C15H21NO3.C3H8.C2H6/c1-18-14-6-5-12(10-13(14)15(17)19-2)11-4-3-8-16-9-7-11;1-3-2;1-2/h5-6,10-11,16H,3-4,7-9H2,1-2H3;3H2,1-2H3;1-2H3. The van der Waals surface area contributed by atoms with Gasteiger partial charge in [-0.2, -0.15) is 0 Å². The van der Waals surface area contributed by atoms with E-state index in [-0.39, 0.29) is 5.97 Å². The quantitative estimate of drug-likeness (QED) is 0.806. The van der Waals surface area contributed by atoms with Crippen molar-refractivity contribution in [3.8, 4) is 5.75 Å². The fourth-order valence-electron chi connectivity index (χ4n) is 2.60. The third kappa shape index (κ3) is 7.35. The molecule has 1 aromatic carbocycles. The fourth-order valence-corrected chi connectivity index (χ4v) is 2.60. The van der Waals surface area contributed by atoms with Gasteiger partial charge in [0, 0.05) is 0 Å². The van der Waals surface area contributed by atoms with E-state index in [0.29, 0.717) is 17.2 Å². The summed E-state index contributed by atoms with van der Waals surface area (Å²) in [4.78, 5) is 11.8. The van der Waals surface area contributed by atoms with Crippen molar-refractivity contribution in [2.45, 2.75) is 59.3 Å². The molecule has 0 aromatic heterocycles. The van der Waals surface area contributed by atoms with Gasteiger partial charge in [-0.1, -0.05) is 40.2 Å². The zero-order chi connectivity index (χ0) is 18.4. The number of hydrogen-bond donors (Lipinski definition) is 1. The smallest absolute Gasteiger partial charge is 0.341 e. The second-order valence-corrected chi connectivity index (χ2v) is 5.54. The van der Waals surface area contributed by atoms with Crippen LogP contribution in [0.1, 0.15) is 75.2 Å². The first kappa shape index (κ1) is 22.4. The number of methoxy groups -OCH3 is 2. The predicted octanol–water partition coefficient (Wildman–Crippen LogP) is 4.78. The minimum absolute atomic E-state index is 0.342. The number of rotatable bonds is 3. The van der Waals surface area contributed by atoms with Gasteiger partial charge in [-0.05, 0) is 56.0 Å². The van der Waals surface area contributed by atoms with Crippen LogP contribution in [0.2, 0.25) is 0 Å². The Hall–Kier alpha value is -1.55. The number of benzene rings is 1. The molecule has 1 aromatic rings. The Labute approximate surface area is 147 Å². The summed E-state index contributed by atoms with van der Waals surface area (Å²) in [6.07, 6.45) is 4.68. The number of nitrogens with one attached hydrogen (secondary N) is 1. The summed E-state index contributed by atoms with van der Waals surface area (Å²) in [6.45, 7) is 10.4. The molecule has 1 aliphatic rings. The van der Waals surface area contributed by atoms with Crippen LogP contribution in [-0.2, 0) is 4.74 Å². The average Bonchev–Trinajstić information content (AvgIpc) is 2.92. The zero-order valence-electron chi connectivity index (χ0n) is 16.3. The van der Waals surface area contributed by atoms with Gasteiger partial charge in [-0.15, -0.1) is 0 Å². The molecule has 0 radical (unpaired) electrons. The number of hydrogen-bond acceptors (Lipinski definition) is 4. The summed E-state index contributed by atoms with van der Waals surface area (Å²) in [7, 11) is 2.96. The maximum Gasteiger partial charge on any atom is 0.341 e. The SMILES string of the molecule is CC.CCC.COC(=O)c1cc(C2CCCNCC2)ccc1OC. The largest absolute Gasteiger partial charge is 0.496 e. The molecule has 1 fully saturated rings. The molecule has 0 spiro atoms. The van der Waals surface area contributed by atoms with E-state index in [4.69, 9.17) is 9.47 Å². The molecular formula is C20H35NO3. The first-order valence-electron chi connectivity index (χ1n) is 9.14. The molecule has 1 N–H and O–H groups in total. The van der Waals surface area contributed by atoms with Crippen LogP contribution in [0.3, 0.4) is 0 Å². The van der Waals surface area contributed by atoms with Crippen LogP contribution in [0.25, 0.3) is 0 Å². The van der Waals surface area contributed by atoms with Crippen molar-refractivity contribution in [2.24, 2.45) is 0 Å². The summed E-state index contributed by atoms with van der Waals surface area (Å²) in [5, 5.41) is 3.40. The lowest BCUT2D eigenvalue weighted by atomic mass is 9.91. The first-order valence-corrected chi connectivity index (χ1v) is 9.14. The number of esters is 1. The van der Waals surface area contributed by atoms with Crippen LogP contribution < -0.4 is 10.1 Å². The van der Waals surface area contributed by atoms with E-state index in [1.807, 2.05) is 26.0 Å². The van der Waals surface area contributed by atoms with Gasteiger partial charge >= 0.3 is 5.97 Å². The molecule has 24 heavy (non-hydrogen) atoms. The van der Waals surface area contributed by atoms with Crippen molar-refractivity contribution < 1.29 is 14.3 Å². The van der Waals surface area contributed by atoms with E-state index in [0.717, 1.165) is 25.9 Å². The lowest BCUT2D eigenvalue weighted by Crippen LogP contribution is -2.14. The summed E-state index contributed by atoms with van der Waals surface area (Å²) in [5.74, 6) is 0.733. The van der Waals surface area contributed by atoms with Crippen molar-refractivity contribution in [1.82, 2.24) is 5.32 Å². The third-order valence-corrected chi connectivity index (χ3v) is 3.68. The molecule has 0 amide bonds. The third-order valence-electron chi connectivity index (χ3n) is 3.68. The van der Waals surface area contributed by atoms with E-state index in [1.54, 1.807) is 7.11 Å². The van der Waals surface area contributed by atoms with Crippen molar-refractivity contribution >= 4 is 5.97 Å². The van der Waals surface area contributed by atoms with Gasteiger partial charge in [-0.3, -0.25) is 0 Å². The van der Waals surface area contributed by atoms with E-state index >= 15 is 0 Å². The first-order chi connectivity index (χ1) is 11.7. The molecule has 2 rings (SSSR count). The Balaban J connectivity index is 0.000000952. The molecule has 4 heteroatoms. The molecule has 1 saturated heterocycles. The number of carbonyl (C=O) groups is 1. The summed E-state index contributed by atoms with van der Waals surface area (Å²) >= 11 is 0. The molecule has 0 saturated carbocycles. The van der Waals surface area contributed by atoms with Gasteiger partial charge in [-0.25, -0.2) is 4.79 Å². The highest BCUT2D eigenvalue weighted by Crippen LogP contribution is 2.30. The Morgan fingerprint density at radius 2 is 1.83 bits per heavy atom. The van der Waals surface area contributed by atoms with Gasteiger partial charge in [0.1, 0.15) is 11.3 Å². The molecule has 1 atom stereocenters. The minimum atomic E-state index is -0.342. The van der Waals surface area contributed by atoms with Crippen molar-refractivity contribution in [3.05, 3.63) is 29.3 Å². The maximum atomic E-state index is 11.8. The van der Waals surface area contributed by atoms with Crippen LogP contribution in [0, 0.1) is 0 Å². The second kappa shape index (κ2) is 13.8. The van der Waals surface area contributed by atoms with Crippen LogP contribution >= 0.6 is 0 Å². The Morgan fingerprint density at radius 3 is 2.42 bits per heavy atom. The van der Waals surface area contributed by atoms with Gasteiger partial charge < -0.3 is 14.8 Å². The van der Waals surface area contributed by atoms with Crippen LogP contribution in [0.15, 0.2) is 18.2 Å². The molecule has 0 aliphatic carbocycles. The zero-order valence-corrected chi connectivity index (χ0v) is 16.3. The Kier molecular flexibility index (Phi) is 13.0. The van der Waals surface area contributed by atoms with E-state index in [1.165, 1.54) is 25.5 Å². The summed E-state index contributed by atoms with van der Waals surface area (Å²) in [5.41, 5.74) is 1.71. The summed E-state index contributed by atoms with van der Waals surface area (Å²) < 4.78 is 10.0. The van der Waals surface area contributed by atoms with Crippen molar-refractivity contribution in [1.29, 1.82) is 0 Å². The predicted molar refractivity (Wildman–Crippen MR) is 101 cm³/mol. The van der Waals surface area contributed by atoms with Crippen LogP contribution in [0.5, 0.6) is 5.75 Å². The topological polar surface area (TPSA) is 47.6 Å². The van der Waals surface area contributed by atoms with Gasteiger partial charge in [0.25, 0.3) is 0 Å². The van der Waals surface area contributed by atoms with E-state index in [9.17, 15) is 4.79 Å². The maximum absolute atomic E-state index is 11.8. The molecule has 1 aliphatic heterocycles. The molecule has 1 heterocycles.